The van der Waals surface area contributed by atoms with Crippen LogP contribution in [-0.4, -0.2) is 19.6 Å². The molecule has 0 saturated carbocycles. The van der Waals surface area contributed by atoms with E-state index in [9.17, 15) is 0 Å². The molecule has 0 fully saturated rings. The van der Waals surface area contributed by atoms with Crippen LogP contribution in [0.25, 0.3) is 5.65 Å². The van der Waals surface area contributed by atoms with Crippen molar-refractivity contribution in [2.24, 2.45) is 0 Å². The summed E-state index contributed by atoms with van der Waals surface area (Å²) in [6.07, 6.45) is 3.14. The summed E-state index contributed by atoms with van der Waals surface area (Å²) < 4.78 is 1.51. The third-order valence-corrected chi connectivity index (χ3v) is 1.51. The third-order valence-electron chi connectivity index (χ3n) is 1.51. The molecule has 0 bridgehead atoms. The highest BCUT2D eigenvalue weighted by Gasteiger charge is 2.01. The first-order chi connectivity index (χ1) is 5.29. The minimum atomic E-state index is 0.364. The minimum absolute atomic E-state index is 0.364. The van der Waals surface area contributed by atoms with E-state index in [0.29, 0.717) is 5.95 Å². The lowest BCUT2D eigenvalue weighted by Gasteiger charge is -1.94. The van der Waals surface area contributed by atoms with E-state index in [0.717, 1.165) is 11.2 Å². The number of aryl methyl sites for hydroxylation is 1. The molecule has 0 aliphatic rings. The van der Waals surface area contributed by atoms with Gasteiger partial charge in [0.1, 0.15) is 6.33 Å². The van der Waals surface area contributed by atoms with Gasteiger partial charge in [-0.15, -0.1) is 0 Å². The second-order valence-corrected chi connectivity index (χ2v) is 2.29. The predicted molar refractivity (Wildman–Crippen MR) is 39.9 cm³/mol. The van der Waals surface area contributed by atoms with E-state index in [2.05, 4.69) is 15.1 Å². The summed E-state index contributed by atoms with van der Waals surface area (Å²) in [6, 6.07) is 0. The van der Waals surface area contributed by atoms with E-state index < -0.39 is 0 Å². The van der Waals surface area contributed by atoms with Gasteiger partial charge in [0.2, 0.25) is 5.95 Å². The fourth-order valence-corrected chi connectivity index (χ4v) is 0.945. The van der Waals surface area contributed by atoms with E-state index in [1.54, 1.807) is 6.20 Å². The van der Waals surface area contributed by atoms with Crippen LogP contribution in [0.15, 0.2) is 12.5 Å². The molecule has 0 radical (unpaired) electrons. The van der Waals surface area contributed by atoms with Gasteiger partial charge in [0.15, 0.2) is 5.65 Å². The van der Waals surface area contributed by atoms with E-state index in [4.69, 9.17) is 5.73 Å². The van der Waals surface area contributed by atoms with Crippen molar-refractivity contribution < 1.29 is 0 Å². The number of nitrogens with two attached hydrogens (primary N) is 1. The summed E-state index contributed by atoms with van der Waals surface area (Å²) in [7, 11) is 0. The Morgan fingerprint density at radius 3 is 3.00 bits per heavy atom. The Kier molecular flexibility index (Phi) is 1.06. The smallest absolute Gasteiger partial charge is 0.224 e. The molecule has 0 aromatic carbocycles. The first kappa shape index (κ1) is 6.09. The Hall–Kier alpha value is -1.65. The molecule has 2 aromatic heterocycles. The van der Waals surface area contributed by atoms with Crippen LogP contribution in [0.5, 0.6) is 0 Å². The normalized spacial score (nSPS) is 10.6. The zero-order valence-electron chi connectivity index (χ0n) is 6.02. The topological polar surface area (TPSA) is 69.1 Å². The quantitative estimate of drug-likeness (QED) is 0.573. The van der Waals surface area contributed by atoms with E-state index >= 15 is 0 Å². The molecule has 2 rings (SSSR count). The number of hydrogen-bond acceptors (Lipinski definition) is 4. The molecule has 5 nitrogen and oxygen atoms in total. The Labute approximate surface area is 62.9 Å². The van der Waals surface area contributed by atoms with Gasteiger partial charge in [-0.25, -0.2) is 9.97 Å². The van der Waals surface area contributed by atoms with Gasteiger partial charge < -0.3 is 5.73 Å². The van der Waals surface area contributed by atoms with Gasteiger partial charge in [-0.2, -0.15) is 9.61 Å². The van der Waals surface area contributed by atoms with E-state index in [1.807, 2.05) is 6.92 Å². The van der Waals surface area contributed by atoms with Crippen molar-refractivity contribution in [2.45, 2.75) is 6.92 Å². The zero-order chi connectivity index (χ0) is 7.84. The Bertz CT molecular complexity index is 391. The van der Waals surface area contributed by atoms with Crippen LogP contribution < -0.4 is 5.73 Å². The largest absolute Gasteiger partial charge is 0.368 e. The number of aromatic nitrogens is 4. The van der Waals surface area contributed by atoms with Crippen LogP contribution in [0.1, 0.15) is 5.56 Å². The number of rotatable bonds is 0. The molecule has 0 aliphatic carbocycles. The van der Waals surface area contributed by atoms with Crippen molar-refractivity contribution >= 4 is 11.6 Å². The molecule has 0 saturated heterocycles. The van der Waals surface area contributed by atoms with Crippen LogP contribution in [0.4, 0.5) is 5.95 Å². The molecule has 0 atom stereocenters. The summed E-state index contributed by atoms with van der Waals surface area (Å²) in [5.41, 5.74) is 7.28. The number of nitrogens with zero attached hydrogens (tertiary/aromatic N) is 4. The molecule has 56 valence electrons. The SMILES string of the molecule is Cc1cnn2c(N)ncnc12. The minimum Gasteiger partial charge on any atom is -0.368 e. The van der Waals surface area contributed by atoms with Crippen molar-refractivity contribution in [3.63, 3.8) is 0 Å². The maximum Gasteiger partial charge on any atom is 0.224 e. The van der Waals surface area contributed by atoms with Crippen LogP contribution >= 0.6 is 0 Å². The van der Waals surface area contributed by atoms with Gasteiger partial charge >= 0.3 is 0 Å². The molecule has 5 heteroatoms. The summed E-state index contributed by atoms with van der Waals surface area (Å²) >= 11 is 0. The number of fused-ring (bicyclic) bond motifs is 1. The first-order valence-corrected chi connectivity index (χ1v) is 3.20. The summed E-state index contributed by atoms with van der Waals surface area (Å²) in [6.45, 7) is 1.93. The van der Waals surface area contributed by atoms with Gasteiger partial charge in [-0.05, 0) is 6.92 Å². The Morgan fingerprint density at radius 1 is 1.45 bits per heavy atom. The lowest BCUT2D eigenvalue weighted by molar-refractivity contribution is 0.909. The average Bonchev–Trinajstić information content (AvgIpc) is 2.35. The maximum absolute atomic E-state index is 5.52. The fourth-order valence-electron chi connectivity index (χ4n) is 0.945. The second kappa shape index (κ2) is 1.91. The molecule has 0 spiro atoms. The third kappa shape index (κ3) is 0.739. The number of nitrogen functional groups attached to an aromatic ring is 1. The highest BCUT2D eigenvalue weighted by atomic mass is 15.3. The van der Waals surface area contributed by atoms with Crippen molar-refractivity contribution in [3.8, 4) is 0 Å². The zero-order valence-corrected chi connectivity index (χ0v) is 6.02. The summed E-state index contributed by atoms with van der Waals surface area (Å²) in [5.74, 6) is 0.364. The molecule has 0 amide bonds. The van der Waals surface area contributed by atoms with Gasteiger partial charge in [-0.3, -0.25) is 0 Å². The Balaban J connectivity index is 2.94. The van der Waals surface area contributed by atoms with E-state index in [-0.39, 0.29) is 0 Å². The Morgan fingerprint density at radius 2 is 2.27 bits per heavy atom. The van der Waals surface area contributed by atoms with Crippen LogP contribution in [0.3, 0.4) is 0 Å². The molecule has 0 unspecified atom stereocenters. The molecule has 11 heavy (non-hydrogen) atoms. The fraction of sp³-hybridized carbons (Fsp3) is 0.167. The van der Waals surface area contributed by atoms with Crippen LogP contribution in [0, 0.1) is 6.92 Å². The highest BCUT2D eigenvalue weighted by Crippen LogP contribution is 2.06. The van der Waals surface area contributed by atoms with Crippen molar-refractivity contribution in [1.82, 2.24) is 19.6 Å². The molecular formula is C6H7N5. The summed E-state index contributed by atoms with van der Waals surface area (Å²) in [5, 5.41) is 3.98. The van der Waals surface area contributed by atoms with Gasteiger partial charge in [0, 0.05) is 5.56 Å². The average molecular weight is 149 g/mol. The molecular weight excluding hydrogens is 142 g/mol. The second-order valence-electron chi connectivity index (χ2n) is 2.29. The monoisotopic (exact) mass is 149 g/mol. The van der Waals surface area contributed by atoms with Gasteiger partial charge in [-0.1, -0.05) is 0 Å². The number of anilines is 1. The standard InChI is InChI=1S/C6H7N5/c1-4-2-10-11-5(4)8-3-9-6(11)7/h2-3H,1H3,(H2,7,8,9). The van der Waals surface area contributed by atoms with Crippen molar-refractivity contribution in [2.75, 3.05) is 5.73 Å². The molecule has 2 aromatic rings. The number of hydrogen-bond donors (Lipinski definition) is 1. The first-order valence-electron chi connectivity index (χ1n) is 3.20. The van der Waals surface area contributed by atoms with Gasteiger partial charge in [0.05, 0.1) is 6.20 Å². The van der Waals surface area contributed by atoms with Gasteiger partial charge in [0.25, 0.3) is 0 Å². The van der Waals surface area contributed by atoms with E-state index in [1.165, 1.54) is 10.8 Å². The lowest BCUT2D eigenvalue weighted by atomic mass is 10.4. The van der Waals surface area contributed by atoms with Crippen LogP contribution in [-0.2, 0) is 0 Å². The summed E-state index contributed by atoms with van der Waals surface area (Å²) in [4.78, 5) is 7.80. The predicted octanol–water partition coefficient (Wildman–Crippen LogP) is 0.0149. The molecule has 0 aliphatic heterocycles. The van der Waals surface area contributed by atoms with Crippen LogP contribution in [0.2, 0.25) is 0 Å². The molecule has 2 heterocycles. The van der Waals surface area contributed by atoms with Crippen molar-refractivity contribution in [1.29, 1.82) is 0 Å². The molecule has 2 N–H and O–H groups in total. The highest BCUT2D eigenvalue weighted by molar-refractivity contribution is 5.47. The lowest BCUT2D eigenvalue weighted by Crippen LogP contribution is -2.02. The maximum atomic E-state index is 5.52. The van der Waals surface area contributed by atoms with Crippen molar-refractivity contribution in [3.05, 3.63) is 18.1 Å².